The van der Waals surface area contributed by atoms with Gasteiger partial charge < -0.3 is 5.32 Å². The van der Waals surface area contributed by atoms with E-state index in [1.54, 1.807) is 6.07 Å². The van der Waals surface area contributed by atoms with E-state index >= 15 is 0 Å². The van der Waals surface area contributed by atoms with Gasteiger partial charge in [0.1, 0.15) is 11.6 Å². The van der Waals surface area contributed by atoms with Gasteiger partial charge >= 0.3 is 0 Å². The highest BCUT2D eigenvalue weighted by Crippen LogP contribution is 2.35. The first-order valence-corrected chi connectivity index (χ1v) is 6.69. The minimum absolute atomic E-state index is 0.0829. The summed E-state index contributed by atoms with van der Waals surface area (Å²) >= 11 is 0. The van der Waals surface area contributed by atoms with Crippen LogP contribution in [0.25, 0.3) is 0 Å². The Hall–Kier alpha value is -2.87. The SMILES string of the molecule is N#Cc1ccc(NCC2Cc3ccccc32)cc1[N+](=O)[O-]. The quantitative estimate of drug-likeness (QED) is 0.688. The average molecular weight is 279 g/mol. The Kier molecular flexibility index (Phi) is 3.28. The van der Waals surface area contributed by atoms with E-state index in [0.717, 1.165) is 13.0 Å². The van der Waals surface area contributed by atoms with Crippen molar-refractivity contribution in [2.24, 2.45) is 0 Å². The zero-order chi connectivity index (χ0) is 14.8. The molecule has 1 unspecified atom stereocenters. The zero-order valence-electron chi connectivity index (χ0n) is 11.2. The van der Waals surface area contributed by atoms with Crippen molar-refractivity contribution in [2.45, 2.75) is 12.3 Å². The summed E-state index contributed by atoms with van der Waals surface area (Å²) in [5.41, 5.74) is 3.31. The second-order valence-corrected chi connectivity index (χ2v) is 5.08. The Bertz CT molecular complexity index is 749. The second kappa shape index (κ2) is 5.25. The standard InChI is InChI=1S/C16H13N3O2/c17-9-12-5-6-14(8-16(12)19(20)21)18-10-13-7-11-3-1-2-4-15(11)13/h1-6,8,13,18H,7,10H2. The number of fused-ring (bicyclic) bond motifs is 1. The number of benzene rings is 2. The molecule has 0 saturated carbocycles. The number of rotatable bonds is 4. The third-order valence-corrected chi connectivity index (χ3v) is 3.83. The Morgan fingerprint density at radius 2 is 2.14 bits per heavy atom. The predicted molar refractivity (Wildman–Crippen MR) is 79.2 cm³/mol. The highest BCUT2D eigenvalue weighted by molar-refractivity contribution is 5.59. The molecule has 1 aliphatic carbocycles. The van der Waals surface area contributed by atoms with E-state index in [-0.39, 0.29) is 11.3 Å². The lowest BCUT2D eigenvalue weighted by Crippen LogP contribution is -2.24. The van der Waals surface area contributed by atoms with Crippen LogP contribution in [0.4, 0.5) is 11.4 Å². The second-order valence-electron chi connectivity index (χ2n) is 5.08. The molecule has 0 heterocycles. The number of hydrogen-bond donors (Lipinski definition) is 1. The minimum atomic E-state index is -0.525. The molecule has 0 saturated heterocycles. The van der Waals surface area contributed by atoms with Gasteiger partial charge in [-0.1, -0.05) is 24.3 Å². The van der Waals surface area contributed by atoms with E-state index in [0.29, 0.717) is 11.6 Å². The van der Waals surface area contributed by atoms with Gasteiger partial charge in [-0.3, -0.25) is 10.1 Å². The molecule has 0 amide bonds. The van der Waals surface area contributed by atoms with Crippen molar-refractivity contribution in [1.82, 2.24) is 0 Å². The van der Waals surface area contributed by atoms with Gasteiger partial charge in [-0.05, 0) is 29.7 Å². The van der Waals surface area contributed by atoms with Gasteiger partial charge in [0.25, 0.3) is 5.69 Å². The summed E-state index contributed by atoms with van der Waals surface area (Å²) in [6, 6.07) is 14.7. The fraction of sp³-hybridized carbons (Fsp3) is 0.188. The number of nitrogens with zero attached hydrogens (tertiary/aromatic N) is 2. The van der Waals surface area contributed by atoms with E-state index in [4.69, 9.17) is 5.26 Å². The summed E-state index contributed by atoms with van der Waals surface area (Å²) in [4.78, 5) is 10.4. The van der Waals surface area contributed by atoms with E-state index in [2.05, 4.69) is 17.4 Å². The van der Waals surface area contributed by atoms with Crippen LogP contribution in [0.2, 0.25) is 0 Å². The van der Waals surface area contributed by atoms with Gasteiger partial charge in [0.2, 0.25) is 0 Å². The number of nitro groups is 1. The van der Waals surface area contributed by atoms with E-state index in [9.17, 15) is 10.1 Å². The average Bonchev–Trinajstić information content (AvgIpc) is 2.48. The van der Waals surface area contributed by atoms with Crippen LogP contribution in [0.15, 0.2) is 42.5 Å². The summed E-state index contributed by atoms with van der Waals surface area (Å²) in [6.07, 6.45) is 1.03. The van der Waals surface area contributed by atoms with Crippen LogP contribution < -0.4 is 5.32 Å². The minimum Gasteiger partial charge on any atom is -0.384 e. The van der Waals surface area contributed by atoms with Crippen molar-refractivity contribution in [3.8, 4) is 6.07 Å². The van der Waals surface area contributed by atoms with Crippen LogP contribution in [-0.2, 0) is 6.42 Å². The number of nitro benzene ring substituents is 1. The molecule has 21 heavy (non-hydrogen) atoms. The van der Waals surface area contributed by atoms with Crippen molar-refractivity contribution in [3.05, 3.63) is 69.3 Å². The lowest BCUT2D eigenvalue weighted by molar-refractivity contribution is -0.385. The molecule has 5 nitrogen and oxygen atoms in total. The van der Waals surface area contributed by atoms with Crippen LogP contribution >= 0.6 is 0 Å². The molecule has 104 valence electrons. The van der Waals surface area contributed by atoms with Crippen LogP contribution in [0.1, 0.15) is 22.6 Å². The third kappa shape index (κ3) is 2.43. The van der Waals surface area contributed by atoms with E-state index in [1.165, 1.54) is 23.3 Å². The lowest BCUT2D eigenvalue weighted by Gasteiger charge is -2.30. The smallest absolute Gasteiger partial charge is 0.289 e. The molecule has 2 aromatic rings. The highest BCUT2D eigenvalue weighted by atomic mass is 16.6. The molecular formula is C16H13N3O2. The Morgan fingerprint density at radius 1 is 1.33 bits per heavy atom. The topological polar surface area (TPSA) is 79.0 Å². The zero-order valence-corrected chi connectivity index (χ0v) is 11.2. The molecule has 1 atom stereocenters. The summed E-state index contributed by atoms with van der Waals surface area (Å²) in [6.45, 7) is 0.736. The molecule has 5 heteroatoms. The molecule has 3 rings (SSSR count). The van der Waals surface area contributed by atoms with E-state index in [1.807, 2.05) is 18.2 Å². The van der Waals surface area contributed by atoms with Crippen molar-refractivity contribution >= 4 is 11.4 Å². The predicted octanol–water partition coefficient (Wildman–Crippen LogP) is 3.22. The van der Waals surface area contributed by atoms with Crippen LogP contribution in [0.5, 0.6) is 0 Å². The van der Waals surface area contributed by atoms with Crippen molar-refractivity contribution in [3.63, 3.8) is 0 Å². The molecule has 1 N–H and O–H groups in total. The van der Waals surface area contributed by atoms with Crippen LogP contribution in [0.3, 0.4) is 0 Å². The van der Waals surface area contributed by atoms with Gasteiger partial charge in [0, 0.05) is 24.2 Å². The Labute approximate surface area is 122 Å². The summed E-state index contributed by atoms with van der Waals surface area (Å²) in [5.74, 6) is 0.441. The molecule has 0 spiro atoms. The fourth-order valence-electron chi connectivity index (χ4n) is 2.67. The Balaban J connectivity index is 1.71. The van der Waals surface area contributed by atoms with Crippen molar-refractivity contribution < 1.29 is 4.92 Å². The summed E-state index contributed by atoms with van der Waals surface area (Å²) in [5, 5.41) is 23.0. The maximum atomic E-state index is 10.9. The molecule has 0 aromatic heterocycles. The maximum absolute atomic E-state index is 10.9. The highest BCUT2D eigenvalue weighted by Gasteiger charge is 2.25. The van der Waals surface area contributed by atoms with Gasteiger partial charge in [-0.15, -0.1) is 0 Å². The molecule has 2 aromatic carbocycles. The van der Waals surface area contributed by atoms with Crippen LogP contribution in [0, 0.1) is 21.4 Å². The van der Waals surface area contributed by atoms with Crippen molar-refractivity contribution in [1.29, 1.82) is 5.26 Å². The fourth-order valence-corrected chi connectivity index (χ4v) is 2.67. The lowest BCUT2D eigenvalue weighted by atomic mass is 9.77. The number of hydrogen-bond acceptors (Lipinski definition) is 4. The molecule has 0 radical (unpaired) electrons. The monoisotopic (exact) mass is 279 g/mol. The number of nitrogens with one attached hydrogen (secondary N) is 1. The molecule has 0 fully saturated rings. The molecule has 1 aliphatic rings. The number of nitriles is 1. The maximum Gasteiger partial charge on any atom is 0.289 e. The number of anilines is 1. The first-order valence-electron chi connectivity index (χ1n) is 6.69. The first kappa shape index (κ1) is 13.1. The third-order valence-electron chi connectivity index (χ3n) is 3.83. The first-order chi connectivity index (χ1) is 10.2. The summed E-state index contributed by atoms with van der Waals surface area (Å²) in [7, 11) is 0. The normalized spacial score (nSPS) is 15.5. The van der Waals surface area contributed by atoms with Gasteiger partial charge in [-0.25, -0.2) is 0 Å². The summed E-state index contributed by atoms with van der Waals surface area (Å²) < 4.78 is 0. The van der Waals surface area contributed by atoms with Crippen molar-refractivity contribution in [2.75, 3.05) is 11.9 Å². The van der Waals surface area contributed by atoms with Gasteiger partial charge in [-0.2, -0.15) is 5.26 Å². The largest absolute Gasteiger partial charge is 0.384 e. The van der Waals surface area contributed by atoms with Crippen LogP contribution in [-0.4, -0.2) is 11.5 Å². The van der Waals surface area contributed by atoms with Gasteiger partial charge in [0.15, 0.2) is 0 Å². The van der Waals surface area contributed by atoms with E-state index < -0.39 is 4.92 Å². The molecule has 0 aliphatic heterocycles. The molecule has 0 bridgehead atoms. The van der Waals surface area contributed by atoms with Gasteiger partial charge in [0.05, 0.1) is 4.92 Å². The Morgan fingerprint density at radius 3 is 2.86 bits per heavy atom. The molecular weight excluding hydrogens is 266 g/mol.